The molecule has 0 radical (unpaired) electrons. The van der Waals surface area contributed by atoms with Crippen molar-refractivity contribution in [3.63, 3.8) is 0 Å². The fraction of sp³-hybridized carbons (Fsp3) is 0.231. The monoisotopic (exact) mass is 325 g/mol. The molecule has 120 valence electrons. The van der Waals surface area contributed by atoms with Gasteiger partial charge in [0.25, 0.3) is 0 Å². The molecule has 2 aromatic carbocycles. The third-order valence-corrected chi connectivity index (χ3v) is 3.00. The summed E-state index contributed by atoms with van der Waals surface area (Å²) in [5, 5.41) is 0.0116. The van der Waals surface area contributed by atoms with Crippen LogP contribution in [-0.2, 0) is 0 Å². The van der Waals surface area contributed by atoms with E-state index in [9.17, 15) is 30.5 Å². The minimum Gasteiger partial charge on any atom is -0.490 e. The van der Waals surface area contributed by atoms with Gasteiger partial charge < -0.3 is 17.7 Å². The summed E-state index contributed by atoms with van der Waals surface area (Å²) >= 11 is 0. The predicted octanol–water partition coefficient (Wildman–Crippen LogP) is 4.17. The summed E-state index contributed by atoms with van der Waals surface area (Å²) in [5.41, 5.74) is -1.21. The van der Waals surface area contributed by atoms with Crippen LogP contribution in [0.25, 0.3) is 10.8 Å². The lowest BCUT2D eigenvalue weighted by Gasteiger charge is -2.24. The van der Waals surface area contributed by atoms with E-state index in [-0.39, 0.29) is 10.8 Å². The van der Waals surface area contributed by atoms with Crippen LogP contribution in [0.15, 0.2) is 36.4 Å². The van der Waals surface area contributed by atoms with Gasteiger partial charge in [-0.15, -0.1) is 0 Å². The van der Waals surface area contributed by atoms with Gasteiger partial charge in [0.05, 0.1) is 5.75 Å². The second-order valence-corrected chi connectivity index (χ2v) is 4.62. The van der Waals surface area contributed by atoms with Gasteiger partial charge in [-0.1, -0.05) is 35.8 Å². The van der Waals surface area contributed by atoms with Crippen molar-refractivity contribution in [2.75, 3.05) is 6.61 Å². The first-order valence-electron chi connectivity index (χ1n) is 6.13. The SMILES string of the molecule is FC(F)C(F)(F)COc1ccc2ccccc2c1[B-](F)(F)F. The molecule has 0 saturated heterocycles. The molecule has 1 nitrogen and oxygen atoms in total. The van der Waals surface area contributed by atoms with Gasteiger partial charge in [0, 0.05) is 0 Å². The first kappa shape index (κ1) is 16.4. The van der Waals surface area contributed by atoms with Gasteiger partial charge in [-0.2, -0.15) is 8.78 Å². The number of benzene rings is 2. The summed E-state index contributed by atoms with van der Waals surface area (Å²) in [6.45, 7) is -7.40. The van der Waals surface area contributed by atoms with E-state index in [1.165, 1.54) is 24.3 Å². The fourth-order valence-corrected chi connectivity index (χ4v) is 1.98. The molecule has 0 heterocycles. The minimum absolute atomic E-state index is 0.229. The van der Waals surface area contributed by atoms with Crippen LogP contribution in [0.3, 0.4) is 0 Å². The molecule has 9 heteroatoms. The predicted molar refractivity (Wildman–Crippen MR) is 69.1 cm³/mol. The Labute approximate surface area is 120 Å². The maximum atomic E-state index is 13.2. The zero-order valence-electron chi connectivity index (χ0n) is 10.9. The highest BCUT2D eigenvalue weighted by Crippen LogP contribution is 2.28. The second kappa shape index (κ2) is 5.70. The molecular weight excluding hydrogens is 316 g/mol. The molecule has 2 aromatic rings. The average molecular weight is 325 g/mol. The summed E-state index contributed by atoms with van der Waals surface area (Å²) in [6, 6.07) is 7.55. The zero-order chi connectivity index (χ0) is 16.5. The smallest absolute Gasteiger partial charge is 0.490 e. The van der Waals surface area contributed by atoms with Crippen molar-refractivity contribution in [2.24, 2.45) is 0 Å². The van der Waals surface area contributed by atoms with E-state index in [2.05, 4.69) is 4.74 Å². The van der Waals surface area contributed by atoms with Crippen LogP contribution in [0, 0.1) is 0 Å². The lowest BCUT2D eigenvalue weighted by molar-refractivity contribution is -0.148. The number of fused-ring (bicyclic) bond motifs is 1. The van der Waals surface area contributed by atoms with Crippen LogP contribution in [0.1, 0.15) is 0 Å². The second-order valence-electron chi connectivity index (χ2n) is 4.62. The van der Waals surface area contributed by atoms with Crippen molar-refractivity contribution in [3.05, 3.63) is 36.4 Å². The first-order chi connectivity index (χ1) is 10.1. The lowest BCUT2D eigenvalue weighted by Crippen LogP contribution is -2.39. The van der Waals surface area contributed by atoms with Gasteiger partial charge in [-0.3, -0.25) is 0 Å². The summed E-state index contributed by atoms with van der Waals surface area (Å²) in [6.07, 6.45) is -4.02. The quantitative estimate of drug-likeness (QED) is 0.592. The largest absolute Gasteiger partial charge is 0.513 e. The van der Waals surface area contributed by atoms with Crippen molar-refractivity contribution in [1.82, 2.24) is 0 Å². The van der Waals surface area contributed by atoms with Crippen LogP contribution in [0.4, 0.5) is 30.5 Å². The molecule has 0 aliphatic heterocycles. The molecule has 0 aliphatic rings. The van der Waals surface area contributed by atoms with Crippen LogP contribution >= 0.6 is 0 Å². The van der Waals surface area contributed by atoms with Crippen molar-refractivity contribution in [2.45, 2.75) is 12.3 Å². The average Bonchev–Trinajstić information content (AvgIpc) is 2.43. The summed E-state index contributed by atoms with van der Waals surface area (Å²) < 4.78 is 93.7. The highest BCUT2D eigenvalue weighted by molar-refractivity contribution is 6.76. The Balaban J connectivity index is 2.46. The van der Waals surface area contributed by atoms with E-state index in [1.54, 1.807) is 0 Å². The van der Waals surface area contributed by atoms with E-state index in [4.69, 9.17) is 0 Å². The van der Waals surface area contributed by atoms with Crippen LogP contribution in [0.5, 0.6) is 5.75 Å². The lowest BCUT2D eigenvalue weighted by atomic mass is 9.76. The number of hydrogen-bond donors (Lipinski definition) is 0. The summed E-state index contributed by atoms with van der Waals surface area (Å²) in [4.78, 5) is 0. The van der Waals surface area contributed by atoms with Crippen LogP contribution in [-0.4, -0.2) is 25.9 Å². The Hall–Kier alpha value is -1.93. The maximum absolute atomic E-state index is 13.2. The molecule has 0 bridgehead atoms. The van der Waals surface area contributed by atoms with E-state index in [0.717, 1.165) is 12.1 Å². The van der Waals surface area contributed by atoms with Crippen molar-refractivity contribution in [1.29, 1.82) is 0 Å². The van der Waals surface area contributed by atoms with Gasteiger partial charge in [-0.25, -0.2) is 8.78 Å². The van der Waals surface area contributed by atoms with E-state index in [1.807, 2.05) is 0 Å². The Kier molecular flexibility index (Phi) is 4.26. The topological polar surface area (TPSA) is 9.23 Å². The molecule has 0 aromatic heterocycles. The number of alkyl halides is 4. The van der Waals surface area contributed by atoms with Crippen LogP contribution < -0.4 is 10.2 Å². The number of halogens is 7. The van der Waals surface area contributed by atoms with Crippen molar-refractivity contribution >= 4 is 23.2 Å². The van der Waals surface area contributed by atoms with Gasteiger partial charge >= 0.3 is 19.3 Å². The Bertz CT molecular complexity index is 669. The third-order valence-electron chi connectivity index (χ3n) is 3.00. The fourth-order valence-electron chi connectivity index (χ4n) is 1.98. The minimum atomic E-state index is -5.57. The summed E-state index contributed by atoms with van der Waals surface area (Å²) in [7, 11) is 0. The molecule has 0 spiro atoms. The maximum Gasteiger partial charge on any atom is 0.513 e. The Morgan fingerprint density at radius 2 is 1.64 bits per heavy atom. The molecule has 0 unspecified atom stereocenters. The molecule has 2 rings (SSSR count). The van der Waals surface area contributed by atoms with E-state index >= 15 is 0 Å². The van der Waals surface area contributed by atoms with Gasteiger partial charge in [0.15, 0.2) is 6.61 Å². The third kappa shape index (κ3) is 3.28. The summed E-state index contributed by atoms with van der Waals surface area (Å²) in [5.74, 6) is -5.41. The molecule has 0 saturated carbocycles. The van der Waals surface area contributed by atoms with Crippen LogP contribution in [0.2, 0.25) is 0 Å². The molecule has 22 heavy (non-hydrogen) atoms. The number of rotatable bonds is 5. The molecule has 0 aliphatic carbocycles. The number of ether oxygens (including phenoxy) is 1. The van der Waals surface area contributed by atoms with E-state index < -0.39 is 37.1 Å². The van der Waals surface area contributed by atoms with Crippen molar-refractivity contribution in [3.8, 4) is 5.75 Å². The molecule has 0 atom stereocenters. The molecule has 0 N–H and O–H groups in total. The van der Waals surface area contributed by atoms with Gasteiger partial charge in [-0.05, 0) is 16.8 Å². The van der Waals surface area contributed by atoms with E-state index in [0.29, 0.717) is 0 Å². The molecular formula is C13H9BF7O-. The highest BCUT2D eigenvalue weighted by Gasteiger charge is 2.42. The first-order valence-corrected chi connectivity index (χ1v) is 6.13. The normalized spacial score (nSPS) is 12.9. The van der Waals surface area contributed by atoms with Gasteiger partial charge in [0.2, 0.25) is 0 Å². The standard InChI is InChI=1S/C13H9BF7O/c15-12(16)13(17,18)7-22-10-6-5-8-3-1-2-4-9(8)11(10)14(19,20)21/h1-6,12H,7H2/q-1. The Morgan fingerprint density at radius 1 is 1.00 bits per heavy atom. The van der Waals surface area contributed by atoms with Gasteiger partial charge in [0.1, 0.15) is 0 Å². The molecule has 0 amide bonds. The highest BCUT2D eigenvalue weighted by atomic mass is 19.4. The molecule has 0 fully saturated rings. The Morgan fingerprint density at radius 3 is 2.23 bits per heavy atom. The van der Waals surface area contributed by atoms with Crippen molar-refractivity contribution < 1.29 is 35.2 Å². The zero-order valence-corrected chi connectivity index (χ0v) is 10.9. The number of hydrogen-bond acceptors (Lipinski definition) is 1.